The Balaban J connectivity index is 1.80. The number of methoxy groups -OCH3 is 1. The Morgan fingerprint density at radius 1 is 1.16 bits per heavy atom. The Hall–Kier alpha value is -3.61. The van der Waals surface area contributed by atoms with Crippen LogP contribution in [-0.4, -0.2) is 34.7 Å². The minimum atomic E-state index is -0.384. The molecule has 0 bridgehead atoms. The Morgan fingerprint density at radius 2 is 1.91 bits per heavy atom. The maximum absolute atomic E-state index is 13.0. The lowest BCUT2D eigenvalue weighted by Crippen LogP contribution is -2.47. The summed E-state index contributed by atoms with van der Waals surface area (Å²) in [6, 6.07) is 15.1. The van der Waals surface area contributed by atoms with Gasteiger partial charge in [0.15, 0.2) is 0 Å². The van der Waals surface area contributed by atoms with Crippen LogP contribution in [0.1, 0.15) is 43.8 Å². The first-order valence-electron chi connectivity index (χ1n) is 10.7. The van der Waals surface area contributed by atoms with Crippen molar-refractivity contribution in [3.8, 4) is 17.1 Å². The molecule has 0 saturated heterocycles. The van der Waals surface area contributed by atoms with Crippen molar-refractivity contribution in [3.63, 3.8) is 0 Å². The molecule has 0 radical (unpaired) electrons. The van der Waals surface area contributed by atoms with Gasteiger partial charge in [0.25, 0.3) is 5.89 Å². The number of amides is 2. The van der Waals surface area contributed by atoms with Crippen molar-refractivity contribution in [2.75, 3.05) is 13.7 Å². The van der Waals surface area contributed by atoms with Crippen LogP contribution in [0.15, 0.2) is 58.8 Å². The fourth-order valence-electron chi connectivity index (χ4n) is 3.86. The molecule has 3 aromatic rings. The largest absolute Gasteiger partial charge is 0.497 e. The number of nitrogens with zero attached hydrogens (tertiary/aromatic N) is 3. The number of urea groups is 1. The highest BCUT2D eigenvalue weighted by atomic mass is 16.5. The molecule has 166 valence electrons. The lowest BCUT2D eigenvalue weighted by atomic mass is 9.94. The Labute approximate surface area is 188 Å². The number of nitrogens with one attached hydrogen (secondary N) is 1. The molecule has 2 heterocycles. The van der Waals surface area contributed by atoms with Gasteiger partial charge in [-0.25, -0.2) is 4.79 Å². The summed E-state index contributed by atoms with van der Waals surface area (Å²) in [5.41, 5.74) is 4.52. The first kappa shape index (κ1) is 21.6. The molecule has 0 fully saturated rings. The van der Waals surface area contributed by atoms with Crippen LogP contribution in [0.4, 0.5) is 4.79 Å². The summed E-state index contributed by atoms with van der Waals surface area (Å²) in [6.07, 6.45) is 0. The van der Waals surface area contributed by atoms with Crippen molar-refractivity contribution in [1.29, 1.82) is 0 Å². The molecule has 1 aliphatic heterocycles. The molecular weight excluding hydrogens is 404 g/mol. The average molecular weight is 433 g/mol. The Morgan fingerprint density at radius 3 is 2.59 bits per heavy atom. The number of hydrogen-bond donors (Lipinski definition) is 1. The fourth-order valence-corrected chi connectivity index (χ4v) is 3.86. The SMILES string of the molecule is COc1cccc(-c2noc(C3=C(C)N(CC(C)C)C(=O)NC3c3ccc(C)cc3)n2)c1. The van der Waals surface area contributed by atoms with Gasteiger partial charge in [0.2, 0.25) is 5.82 Å². The minimum Gasteiger partial charge on any atom is -0.497 e. The van der Waals surface area contributed by atoms with Crippen molar-refractivity contribution in [2.45, 2.75) is 33.7 Å². The van der Waals surface area contributed by atoms with Gasteiger partial charge in [-0.1, -0.05) is 61.0 Å². The van der Waals surface area contributed by atoms with E-state index < -0.39 is 0 Å². The van der Waals surface area contributed by atoms with E-state index in [4.69, 9.17) is 14.2 Å². The zero-order valence-corrected chi connectivity index (χ0v) is 19.0. The summed E-state index contributed by atoms with van der Waals surface area (Å²) in [5.74, 6) is 1.88. The quantitative estimate of drug-likeness (QED) is 0.579. The Bertz CT molecular complexity index is 1150. The number of hydrogen-bond acceptors (Lipinski definition) is 5. The molecule has 1 unspecified atom stereocenters. The molecule has 7 heteroatoms. The first-order chi connectivity index (χ1) is 15.4. The summed E-state index contributed by atoms with van der Waals surface area (Å²) in [5, 5.41) is 7.35. The molecule has 0 spiro atoms. The van der Waals surface area contributed by atoms with Crippen LogP contribution < -0.4 is 10.1 Å². The van der Waals surface area contributed by atoms with Crippen LogP contribution in [0.2, 0.25) is 0 Å². The highest BCUT2D eigenvalue weighted by molar-refractivity contribution is 5.86. The van der Waals surface area contributed by atoms with Gasteiger partial charge in [0, 0.05) is 17.8 Å². The number of benzene rings is 2. The highest BCUT2D eigenvalue weighted by Gasteiger charge is 2.35. The zero-order chi connectivity index (χ0) is 22.8. The van der Waals surface area contributed by atoms with E-state index >= 15 is 0 Å². The van der Waals surface area contributed by atoms with Crippen molar-refractivity contribution < 1.29 is 14.1 Å². The molecule has 0 aliphatic carbocycles. The number of rotatable bonds is 6. The minimum absolute atomic E-state index is 0.127. The summed E-state index contributed by atoms with van der Waals surface area (Å²) < 4.78 is 11.0. The normalized spacial score (nSPS) is 16.5. The number of carbonyl (C=O) groups excluding carboxylic acids is 1. The van der Waals surface area contributed by atoms with Crippen LogP contribution in [0.3, 0.4) is 0 Å². The van der Waals surface area contributed by atoms with Crippen LogP contribution in [0, 0.1) is 12.8 Å². The number of ether oxygens (including phenoxy) is 1. The van der Waals surface area contributed by atoms with Gasteiger partial charge < -0.3 is 14.6 Å². The average Bonchev–Trinajstić information content (AvgIpc) is 3.26. The van der Waals surface area contributed by atoms with E-state index in [0.29, 0.717) is 24.2 Å². The predicted octanol–water partition coefficient (Wildman–Crippen LogP) is 5.21. The molecule has 4 rings (SSSR count). The van der Waals surface area contributed by atoms with Gasteiger partial charge in [-0.15, -0.1) is 0 Å². The predicted molar refractivity (Wildman–Crippen MR) is 123 cm³/mol. The second-order valence-electron chi connectivity index (χ2n) is 8.45. The van der Waals surface area contributed by atoms with Gasteiger partial charge in [-0.3, -0.25) is 4.90 Å². The molecule has 1 aliphatic rings. The summed E-state index contributed by atoms with van der Waals surface area (Å²) in [6.45, 7) is 8.74. The van der Waals surface area contributed by atoms with Crippen molar-refractivity contribution in [2.24, 2.45) is 5.92 Å². The van der Waals surface area contributed by atoms with E-state index in [1.165, 1.54) is 0 Å². The number of aromatic nitrogens is 2. The summed E-state index contributed by atoms with van der Waals surface area (Å²) in [7, 11) is 1.62. The summed E-state index contributed by atoms with van der Waals surface area (Å²) >= 11 is 0. The number of aryl methyl sites for hydroxylation is 1. The van der Waals surface area contributed by atoms with E-state index in [9.17, 15) is 4.79 Å². The highest BCUT2D eigenvalue weighted by Crippen LogP contribution is 2.37. The van der Waals surface area contributed by atoms with Crippen LogP contribution in [0.25, 0.3) is 17.0 Å². The van der Waals surface area contributed by atoms with Crippen LogP contribution >= 0.6 is 0 Å². The van der Waals surface area contributed by atoms with E-state index in [1.807, 2.05) is 62.4 Å². The molecule has 2 aromatic carbocycles. The lowest BCUT2D eigenvalue weighted by Gasteiger charge is -2.36. The summed E-state index contributed by atoms with van der Waals surface area (Å²) in [4.78, 5) is 19.4. The molecule has 32 heavy (non-hydrogen) atoms. The zero-order valence-electron chi connectivity index (χ0n) is 19.0. The standard InChI is InChI=1S/C25H28N4O3/c1-15(2)14-29-17(4)21(22(26-25(29)30)18-11-9-16(3)10-12-18)24-27-23(28-32-24)19-7-6-8-20(13-19)31-5/h6-13,15,22H,14H2,1-5H3,(H,26,30). The van der Waals surface area contributed by atoms with E-state index in [1.54, 1.807) is 12.0 Å². The number of allylic oxidation sites excluding steroid dienone is 1. The monoisotopic (exact) mass is 432 g/mol. The van der Waals surface area contributed by atoms with Gasteiger partial charge in [0.1, 0.15) is 5.75 Å². The molecule has 2 amide bonds. The topological polar surface area (TPSA) is 80.5 Å². The van der Waals surface area contributed by atoms with E-state index in [0.717, 1.165) is 33.7 Å². The molecule has 0 saturated carbocycles. The maximum atomic E-state index is 13.0. The first-order valence-corrected chi connectivity index (χ1v) is 10.7. The lowest BCUT2D eigenvalue weighted by molar-refractivity contribution is 0.199. The molecule has 1 aromatic heterocycles. The molecule has 1 N–H and O–H groups in total. The molecule has 7 nitrogen and oxygen atoms in total. The molecular formula is C25H28N4O3. The fraction of sp³-hybridized carbons (Fsp3) is 0.320. The van der Waals surface area contributed by atoms with Crippen molar-refractivity contribution >= 4 is 11.6 Å². The maximum Gasteiger partial charge on any atom is 0.322 e. The van der Waals surface area contributed by atoms with E-state index in [-0.39, 0.29) is 12.1 Å². The van der Waals surface area contributed by atoms with Gasteiger partial charge in [-0.05, 0) is 37.5 Å². The molecule has 1 atom stereocenters. The van der Waals surface area contributed by atoms with Crippen molar-refractivity contribution in [3.05, 3.63) is 71.2 Å². The smallest absolute Gasteiger partial charge is 0.322 e. The van der Waals surface area contributed by atoms with Crippen LogP contribution in [0.5, 0.6) is 5.75 Å². The van der Waals surface area contributed by atoms with Crippen LogP contribution in [-0.2, 0) is 0 Å². The van der Waals surface area contributed by atoms with Gasteiger partial charge in [-0.2, -0.15) is 4.98 Å². The second kappa shape index (κ2) is 8.86. The van der Waals surface area contributed by atoms with Crippen molar-refractivity contribution in [1.82, 2.24) is 20.4 Å². The van der Waals surface area contributed by atoms with Gasteiger partial charge >= 0.3 is 6.03 Å². The Kier molecular flexibility index (Phi) is 5.99. The third-order valence-corrected chi connectivity index (χ3v) is 5.54. The van der Waals surface area contributed by atoms with E-state index in [2.05, 4.69) is 24.3 Å². The second-order valence-corrected chi connectivity index (χ2v) is 8.45. The number of carbonyl (C=O) groups is 1. The van der Waals surface area contributed by atoms with Gasteiger partial charge in [0.05, 0.1) is 18.7 Å². The third kappa shape index (κ3) is 4.23. The third-order valence-electron chi connectivity index (χ3n) is 5.54.